The van der Waals surface area contributed by atoms with Crippen molar-refractivity contribution in [1.29, 1.82) is 0 Å². The van der Waals surface area contributed by atoms with Gasteiger partial charge in [0.05, 0.1) is 19.0 Å². The predicted molar refractivity (Wildman–Crippen MR) is 111 cm³/mol. The number of halogens is 2. The number of hydrogen-bond donors (Lipinski definition) is 1. The highest BCUT2D eigenvalue weighted by Crippen LogP contribution is 2.28. The van der Waals surface area contributed by atoms with Crippen molar-refractivity contribution in [3.63, 3.8) is 0 Å². The van der Waals surface area contributed by atoms with Gasteiger partial charge in [-0.15, -0.1) is 0 Å². The topological polar surface area (TPSA) is 42.8 Å². The lowest BCUT2D eigenvalue weighted by atomic mass is 10.2. The van der Waals surface area contributed by atoms with Crippen LogP contribution in [0.25, 0.3) is 0 Å². The highest BCUT2D eigenvalue weighted by molar-refractivity contribution is 6.31. The van der Waals surface area contributed by atoms with Crippen LogP contribution in [-0.2, 0) is 6.61 Å². The smallest absolute Gasteiger partial charge is 0.161 e. The number of nitrogens with zero attached hydrogens (tertiary/aromatic N) is 1. The number of hydrogen-bond acceptors (Lipinski definition) is 4. The van der Waals surface area contributed by atoms with E-state index in [1.54, 1.807) is 19.4 Å². The average Bonchev–Trinajstić information content (AvgIpc) is 2.68. The summed E-state index contributed by atoms with van der Waals surface area (Å²) in [6.07, 6.45) is 1.70. The molecule has 0 bridgehead atoms. The van der Waals surface area contributed by atoms with E-state index in [4.69, 9.17) is 32.7 Å². The number of rotatable bonds is 7. The van der Waals surface area contributed by atoms with E-state index in [9.17, 15) is 0 Å². The molecule has 3 rings (SSSR count). The van der Waals surface area contributed by atoms with Crippen molar-refractivity contribution >= 4 is 35.1 Å². The molecule has 138 valence electrons. The highest BCUT2D eigenvalue weighted by Gasteiger charge is 2.06. The third-order valence-electron chi connectivity index (χ3n) is 3.73. The second-order valence-corrected chi connectivity index (χ2v) is 6.58. The normalized spacial score (nSPS) is 10.8. The average molecular weight is 401 g/mol. The molecule has 4 nitrogen and oxygen atoms in total. The molecule has 0 aliphatic carbocycles. The Kier molecular flexibility index (Phi) is 6.58. The summed E-state index contributed by atoms with van der Waals surface area (Å²) in [5.74, 6) is 1.29. The van der Waals surface area contributed by atoms with E-state index in [-0.39, 0.29) is 0 Å². The van der Waals surface area contributed by atoms with Crippen LogP contribution in [0.5, 0.6) is 11.5 Å². The molecular weight excluding hydrogens is 383 g/mol. The van der Waals surface area contributed by atoms with E-state index in [1.807, 2.05) is 60.7 Å². The lowest BCUT2D eigenvalue weighted by molar-refractivity contribution is 0.284. The van der Waals surface area contributed by atoms with Gasteiger partial charge in [0, 0.05) is 10.0 Å². The molecule has 0 saturated heterocycles. The molecule has 0 fully saturated rings. The minimum Gasteiger partial charge on any atom is -0.493 e. The number of nitrogens with one attached hydrogen (secondary N) is 1. The molecule has 0 aliphatic rings. The maximum Gasteiger partial charge on any atom is 0.161 e. The first-order chi connectivity index (χ1) is 13.1. The van der Waals surface area contributed by atoms with Crippen molar-refractivity contribution in [2.75, 3.05) is 12.5 Å². The number of methoxy groups -OCH3 is 1. The predicted octanol–water partition coefficient (Wildman–Crippen LogP) is 6.03. The molecular formula is C21H18Cl2N2O2. The molecule has 0 aliphatic heterocycles. The fourth-order valence-corrected chi connectivity index (χ4v) is 2.68. The molecule has 0 heterocycles. The van der Waals surface area contributed by atoms with Crippen LogP contribution in [0.1, 0.15) is 11.1 Å². The lowest BCUT2D eigenvalue weighted by Crippen LogP contribution is -1.98. The fraction of sp³-hybridized carbons (Fsp3) is 0.0952. The lowest BCUT2D eigenvalue weighted by Gasteiger charge is -2.11. The van der Waals surface area contributed by atoms with Gasteiger partial charge in [0.1, 0.15) is 6.61 Å². The van der Waals surface area contributed by atoms with Gasteiger partial charge in [0.25, 0.3) is 0 Å². The maximum absolute atomic E-state index is 5.95. The van der Waals surface area contributed by atoms with Crippen molar-refractivity contribution in [3.05, 3.63) is 87.9 Å². The van der Waals surface area contributed by atoms with Crippen LogP contribution in [0.2, 0.25) is 10.0 Å². The van der Waals surface area contributed by atoms with Gasteiger partial charge in [-0.05, 0) is 59.7 Å². The number of ether oxygens (including phenoxy) is 2. The first kappa shape index (κ1) is 19.1. The number of anilines is 1. The first-order valence-electron chi connectivity index (χ1n) is 8.24. The molecule has 0 radical (unpaired) electrons. The highest BCUT2D eigenvalue weighted by atomic mass is 35.5. The molecule has 6 heteroatoms. The second-order valence-electron chi connectivity index (χ2n) is 5.71. The summed E-state index contributed by atoms with van der Waals surface area (Å²) in [5, 5.41) is 5.57. The van der Waals surface area contributed by atoms with Crippen LogP contribution in [-0.4, -0.2) is 13.3 Å². The Morgan fingerprint density at radius 2 is 1.74 bits per heavy atom. The Labute approximate surface area is 168 Å². The van der Waals surface area contributed by atoms with Crippen LogP contribution in [0.3, 0.4) is 0 Å². The van der Waals surface area contributed by atoms with Crippen molar-refractivity contribution in [2.45, 2.75) is 6.61 Å². The Bertz CT molecular complexity index is 928. The van der Waals surface area contributed by atoms with Gasteiger partial charge < -0.3 is 9.47 Å². The zero-order chi connectivity index (χ0) is 19.1. The van der Waals surface area contributed by atoms with Gasteiger partial charge in [-0.2, -0.15) is 5.10 Å². The van der Waals surface area contributed by atoms with Crippen molar-refractivity contribution in [3.8, 4) is 11.5 Å². The van der Waals surface area contributed by atoms with Crippen LogP contribution in [0.15, 0.2) is 71.8 Å². The van der Waals surface area contributed by atoms with E-state index >= 15 is 0 Å². The Hall–Kier alpha value is -2.69. The standard InChI is InChI=1S/C21H18Cl2N2O2/c1-26-21-11-16(13-24-25-19-4-2-3-18(23)12-19)7-10-20(21)27-14-15-5-8-17(22)9-6-15/h2-13,25H,14H2,1H3. The summed E-state index contributed by atoms with van der Waals surface area (Å²) in [4.78, 5) is 0. The van der Waals surface area contributed by atoms with Crippen LogP contribution < -0.4 is 14.9 Å². The molecule has 27 heavy (non-hydrogen) atoms. The quantitative estimate of drug-likeness (QED) is 0.389. The van der Waals surface area contributed by atoms with E-state index in [0.717, 1.165) is 16.8 Å². The summed E-state index contributed by atoms with van der Waals surface area (Å²) in [7, 11) is 1.61. The van der Waals surface area contributed by atoms with Gasteiger partial charge in [-0.3, -0.25) is 5.43 Å². The molecule has 0 saturated carbocycles. The van der Waals surface area contributed by atoms with Crippen molar-refractivity contribution in [1.82, 2.24) is 0 Å². The minimum atomic E-state index is 0.428. The molecule has 0 atom stereocenters. The molecule has 0 aromatic heterocycles. The second kappa shape index (κ2) is 9.31. The van der Waals surface area contributed by atoms with Crippen LogP contribution >= 0.6 is 23.2 Å². The molecule has 0 amide bonds. The molecule has 0 spiro atoms. The summed E-state index contributed by atoms with van der Waals surface area (Å²) in [6.45, 7) is 0.428. The Morgan fingerprint density at radius 3 is 2.48 bits per heavy atom. The molecule has 3 aromatic rings. The summed E-state index contributed by atoms with van der Waals surface area (Å²) in [5.41, 5.74) is 5.65. The molecule has 3 aromatic carbocycles. The number of hydrazone groups is 1. The Balaban J connectivity index is 1.64. The van der Waals surface area contributed by atoms with Gasteiger partial charge in [-0.1, -0.05) is 41.4 Å². The first-order valence-corrected chi connectivity index (χ1v) is 8.99. The zero-order valence-corrected chi connectivity index (χ0v) is 16.2. The van der Waals surface area contributed by atoms with Gasteiger partial charge in [0.2, 0.25) is 0 Å². The maximum atomic E-state index is 5.95. The van der Waals surface area contributed by atoms with E-state index in [0.29, 0.717) is 28.2 Å². The minimum absolute atomic E-state index is 0.428. The fourth-order valence-electron chi connectivity index (χ4n) is 2.36. The van der Waals surface area contributed by atoms with Crippen molar-refractivity contribution < 1.29 is 9.47 Å². The third-order valence-corrected chi connectivity index (χ3v) is 4.21. The van der Waals surface area contributed by atoms with Crippen LogP contribution in [0, 0.1) is 0 Å². The third kappa shape index (κ3) is 5.64. The SMILES string of the molecule is COc1cc(C=NNc2cccc(Cl)c2)ccc1OCc1ccc(Cl)cc1. The molecule has 1 N–H and O–H groups in total. The van der Waals surface area contributed by atoms with Crippen LogP contribution in [0.4, 0.5) is 5.69 Å². The molecule has 0 unspecified atom stereocenters. The van der Waals surface area contributed by atoms with Gasteiger partial charge in [0.15, 0.2) is 11.5 Å². The van der Waals surface area contributed by atoms with Crippen molar-refractivity contribution in [2.24, 2.45) is 5.10 Å². The summed E-state index contributed by atoms with van der Waals surface area (Å²) >= 11 is 11.8. The summed E-state index contributed by atoms with van der Waals surface area (Å²) < 4.78 is 11.3. The van der Waals surface area contributed by atoms with E-state index < -0.39 is 0 Å². The van der Waals surface area contributed by atoms with Gasteiger partial charge in [-0.25, -0.2) is 0 Å². The largest absolute Gasteiger partial charge is 0.493 e. The van der Waals surface area contributed by atoms with E-state index in [1.165, 1.54) is 0 Å². The summed E-state index contributed by atoms with van der Waals surface area (Å²) in [6, 6.07) is 20.5. The Morgan fingerprint density at radius 1 is 0.926 bits per heavy atom. The monoisotopic (exact) mass is 400 g/mol. The zero-order valence-electron chi connectivity index (χ0n) is 14.7. The van der Waals surface area contributed by atoms with E-state index in [2.05, 4.69) is 10.5 Å². The van der Waals surface area contributed by atoms with Gasteiger partial charge >= 0.3 is 0 Å². The number of benzene rings is 3.